The topological polar surface area (TPSA) is 50.8 Å². The molecule has 1 heterocycles. The highest BCUT2D eigenvalue weighted by Crippen LogP contribution is 2.07. The summed E-state index contributed by atoms with van der Waals surface area (Å²) in [6, 6.07) is 9.81. The molecule has 1 aromatic rings. The summed E-state index contributed by atoms with van der Waals surface area (Å²) in [5, 5.41) is 3.26. The number of para-hydroxylation sites is 1. The summed E-state index contributed by atoms with van der Waals surface area (Å²) < 4.78 is 10.9. The van der Waals surface area contributed by atoms with E-state index in [1.54, 1.807) is 0 Å². The first-order valence-electron chi connectivity index (χ1n) is 7.03. The van der Waals surface area contributed by atoms with Crippen LogP contribution in [0.15, 0.2) is 30.3 Å². The molecule has 1 saturated heterocycles. The molecule has 5 nitrogen and oxygen atoms in total. The highest BCUT2D eigenvalue weighted by Gasteiger charge is 2.22. The first-order chi connectivity index (χ1) is 9.77. The van der Waals surface area contributed by atoms with E-state index in [9.17, 15) is 4.79 Å². The van der Waals surface area contributed by atoms with Crippen LogP contribution in [0.4, 0.5) is 0 Å². The first-order valence-corrected chi connectivity index (χ1v) is 7.03. The van der Waals surface area contributed by atoms with Crippen LogP contribution in [-0.2, 0) is 9.53 Å². The molecule has 1 aliphatic rings. The van der Waals surface area contributed by atoms with Gasteiger partial charge in [-0.1, -0.05) is 18.2 Å². The van der Waals surface area contributed by atoms with Gasteiger partial charge in [0.2, 0.25) is 5.91 Å². The van der Waals surface area contributed by atoms with Crippen LogP contribution in [0, 0.1) is 0 Å². The lowest BCUT2D eigenvalue weighted by Crippen LogP contribution is -2.53. The van der Waals surface area contributed by atoms with Gasteiger partial charge in [0, 0.05) is 25.7 Å². The predicted octanol–water partition coefficient (Wildman–Crippen LogP) is 0.902. The van der Waals surface area contributed by atoms with Crippen molar-refractivity contribution in [2.24, 2.45) is 0 Å². The fourth-order valence-electron chi connectivity index (χ4n) is 2.19. The standard InChI is InChI=1S/C15H22N2O3/c1-13-11-16-7-8-17(13)15(18)12-19-9-10-20-14-5-3-2-4-6-14/h2-6,13,16H,7-12H2,1H3. The molecular weight excluding hydrogens is 256 g/mol. The maximum absolute atomic E-state index is 12.0. The summed E-state index contributed by atoms with van der Waals surface area (Å²) >= 11 is 0. The van der Waals surface area contributed by atoms with Crippen molar-refractivity contribution in [3.05, 3.63) is 30.3 Å². The number of amides is 1. The molecule has 1 atom stereocenters. The second-order valence-corrected chi connectivity index (χ2v) is 4.85. The van der Waals surface area contributed by atoms with Gasteiger partial charge in [0.15, 0.2) is 0 Å². The summed E-state index contributed by atoms with van der Waals surface area (Å²) in [7, 11) is 0. The SMILES string of the molecule is CC1CNCCN1C(=O)COCCOc1ccccc1. The van der Waals surface area contributed by atoms with Crippen molar-refractivity contribution >= 4 is 5.91 Å². The van der Waals surface area contributed by atoms with E-state index in [2.05, 4.69) is 5.32 Å². The number of piperazine rings is 1. The average molecular weight is 278 g/mol. The molecule has 1 aliphatic heterocycles. The first kappa shape index (κ1) is 14.8. The molecule has 110 valence electrons. The zero-order valence-electron chi connectivity index (χ0n) is 11.9. The Hall–Kier alpha value is -1.59. The van der Waals surface area contributed by atoms with E-state index in [-0.39, 0.29) is 18.6 Å². The zero-order chi connectivity index (χ0) is 14.2. The Balaban J connectivity index is 1.59. The van der Waals surface area contributed by atoms with E-state index in [0.717, 1.165) is 25.4 Å². The van der Waals surface area contributed by atoms with E-state index in [1.165, 1.54) is 0 Å². The maximum Gasteiger partial charge on any atom is 0.248 e. The lowest BCUT2D eigenvalue weighted by molar-refractivity contribution is -0.139. The Morgan fingerprint density at radius 3 is 2.90 bits per heavy atom. The minimum Gasteiger partial charge on any atom is -0.491 e. The lowest BCUT2D eigenvalue weighted by atomic mass is 10.2. The van der Waals surface area contributed by atoms with Gasteiger partial charge >= 0.3 is 0 Å². The monoisotopic (exact) mass is 278 g/mol. The Bertz CT molecular complexity index is 411. The van der Waals surface area contributed by atoms with E-state index >= 15 is 0 Å². The maximum atomic E-state index is 12.0. The second-order valence-electron chi connectivity index (χ2n) is 4.85. The summed E-state index contributed by atoms with van der Waals surface area (Å²) in [6.07, 6.45) is 0. The van der Waals surface area contributed by atoms with Crippen molar-refractivity contribution < 1.29 is 14.3 Å². The molecule has 0 radical (unpaired) electrons. The number of ether oxygens (including phenoxy) is 2. The van der Waals surface area contributed by atoms with Crippen molar-refractivity contribution in [3.63, 3.8) is 0 Å². The summed E-state index contributed by atoms with van der Waals surface area (Å²) in [5.74, 6) is 0.872. The van der Waals surface area contributed by atoms with Crippen LogP contribution in [-0.4, -0.2) is 56.3 Å². The molecule has 1 fully saturated rings. The molecule has 0 bridgehead atoms. The van der Waals surface area contributed by atoms with Gasteiger partial charge in [-0.2, -0.15) is 0 Å². The molecule has 0 saturated carbocycles. The van der Waals surface area contributed by atoms with Crippen LogP contribution in [0.5, 0.6) is 5.75 Å². The molecule has 2 rings (SSSR count). The molecule has 1 amide bonds. The third-order valence-electron chi connectivity index (χ3n) is 3.29. The zero-order valence-corrected chi connectivity index (χ0v) is 11.9. The third-order valence-corrected chi connectivity index (χ3v) is 3.29. The molecule has 0 spiro atoms. The molecule has 0 aliphatic carbocycles. The van der Waals surface area contributed by atoms with Gasteiger partial charge < -0.3 is 19.7 Å². The number of carbonyl (C=O) groups is 1. The highest BCUT2D eigenvalue weighted by atomic mass is 16.5. The largest absolute Gasteiger partial charge is 0.491 e. The number of rotatable bonds is 6. The summed E-state index contributed by atoms with van der Waals surface area (Å²) in [6.45, 7) is 5.50. The smallest absolute Gasteiger partial charge is 0.248 e. The normalized spacial score (nSPS) is 18.9. The summed E-state index contributed by atoms with van der Waals surface area (Å²) in [4.78, 5) is 13.8. The Morgan fingerprint density at radius 1 is 1.35 bits per heavy atom. The quantitative estimate of drug-likeness (QED) is 0.786. The highest BCUT2D eigenvalue weighted by molar-refractivity contribution is 5.77. The van der Waals surface area contributed by atoms with Crippen LogP contribution in [0.1, 0.15) is 6.92 Å². The molecule has 5 heteroatoms. The Morgan fingerprint density at radius 2 is 2.15 bits per heavy atom. The van der Waals surface area contributed by atoms with Gasteiger partial charge in [0.1, 0.15) is 19.0 Å². The number of nitrogens with zero attached hydrogens (tertiary/aromatic N) is 1. The van der Waals surface area contributed by atoms with Gasteiger partial charge in [0.05, 0.1) is 6.61 Å². The molecule has 1 N–H and O–H groups in total. The minimum atomic E-state index is 0.0544. The van der Waals surface area contributed by atoms with E-state index in [1.807, 2.05) is 42.2 Å². The van der Waals surface area contributed by atoms with Gasteiger partial charge in [0.25, 0.3) is 0 Å². The molecular formula is C15H22N2O3. The van der Waals surface area contributed by atoms with Crippen molar-refractivity contribution in [1.29, 1.82) is 0 Å². The predicted molar refractivity (Wildman–Crippen MR) is 76.8 cm³/mol. The number of hydrogen-bond acceptors (Lipinski definition) is 4. The van der Waals surface area contributed by atoms with Crippen LogP contribution in [0.3, 0.4) is 0 Å². The fourth-order valence-corrected chi connectivity index (χ4v) is 2.19. The molecule has 1 aromatic carbocycles. The fraction of sp³-hybridized carbons (Fsp3) is 0.533. The van der Waals surface area contributed by atoms with E-state index < -0.39 is 0 Å². The van der Waals surface area contributed by atoms with Crippen LogP contribution >= 0.6 is 0 Å². The Labute approximate surface area is 119 Å². The van der Waals surface area contributed by atoms with E-state index in [4.69, 9.17) is 9.47 Å². The number of benzene rings is 1. The number of nitrogens with one attached hydrogen (secondary N) is 1. The number of carbonyl (C=O) groups excluding carboxylic acids is 1. The average Bonchev–Trinajstić information content (AvgIpc) is 2.48. The van der Waals surface area contributed by atoms with Gasteiger partial charge in [-0.25, -0.2) is 0 Å². The van der Waals surface area contributed by atoms with Gasteiger partial charge in [-0.15, -0.1) is 0 Å². The number of hydrogen-bond donors (Lipinski definition) is 1. The molecule has 1 unspecified atom stereocenters. The molecule has 20 heavy (non-hydrogen) atoms. The lowest BCUT2D eigenvalue weighted by Gasteiger charge is -2.33. The minimum absolute atomic E-state index is 0.0544. The van der Waals surface area contributed by atoms with Gasteiger partial charge in [-0.3, -0.25) is 4.79 Å². The van der Waals surface area contributed by atoms with Gasteiger partial charge in [-0.05, 0) is 19.1 Å². The van der Waals surface area contributed by atoms with Crippen molar-refractivity contribution in [1.82, 2.24) is 10.2 Å². The second kappa shape index (κ2) is 7.87. The van der Waals surface area contributed by atoms with Crippen LogP contribution < -0.4 is 10.1 Å². The van der Waals surface area contributed by atoms with Crippen molar-refractivity contribution in [3.8, 4) is 5.75 Å². The van der Waals surface area contributed by atoms with Crippen LogP contribution in [0.25, 0.3) is 0 Å². The van der Waals surface area contributed by atoms with Crippen molar-refractivity contribution in [2.75, 3.05) is 39.5 Å². The van der Waals surface area contributed by atoms with E-state index in [0.29, 0.717) is 13.2 Å². The molecule has 0 aromatic heterocycles. The third kappa shape index (κ3) is 4.51. The summed E-state index contributed by atoms with van der Waals surface area (Å²) in [5.41, 5.74) is 0. The van der Waals surface area contributed by atoms with Crippen molar-refractivity contribution in [2.45, 2.75) is 13.0 Å². The Kier molecular flexibility index (Phi) is 5.83. The van der Waals surface area contributed by atoms with Crippen LogP contribution in [0.2, 0.25) is 0 Å².